The first-order valence-electron chi connectivity index (χ1n) is 23.3. The Morgan fingerprint density at radius 1 is 0.215 bits per heavy atom. The van der Waals surface area contributed by atoms with E-state index in [1.54, 1.807) is 0 Å². The van der Waals surface area contributed by atoms with Gasteiger partial charge in [0.1, 0.15) is 0 Å². The summed E-state index contributed by atoms with van der Waals surface area (Å²) in [7, 11) is 0. The molecular formula is C65H50. The molecule has 3 aliphatic carbocycles. The monoisotopic (exact) mass is 830 g/mol. The molecule has 10 aromatic rings. The Morgan fingerprint density at radius 2 is 0.585 bits per heavy atom. The minimum Gasteiger partial charge on any atom is -0.0622 e. The van der Waals surface area contributed by atoms with E-state index >= 15 is 0 Å². The molecule has 10 aromatic carbocycles. The number of benzene rings is 10. The largest absolute Gasteiger partial charge is 0.0622 e. The van der Waals surface area contributed by atoms with Gasteiger partial charge in [-0.15, -0.1) is 0 Å². The van der Waals surface area contributed by atoms with Gasteiger partial charge in [-0.05, 0) is 163 Å². The molecule has 0 aromatic heterocycles. The van der Waals surface area contributed by atoms with E-state index < -0.39 is 0 Å². The maximum atomic E-state index is 2.51. The van der Waals surface area contributed by atoms with Gasteiger partial charge in [0.2, 0.25) is 0 Å². The predicted octanol–water partition coefficient (Wildman–Crippen LogP) is 17.6. The van der Waals surface area contributed by atoms with Gasteiger partial charge in [-0.1, -0.05) is 205 Å². The van der Waals surface area contributed by atoms with E-state index in [9.17, 15) is 0 Å². The highest BCUT2D eigenvalue weighted by Gasteiger charge is 2.38. The van der Waals surface area contributed by atoms with Crippen molar-refractivity contribution in [3.63, 3.8) is 0 Å². The minimum absolute atomic E-state index is 0.0588. The lowest BCUT2D eigenvalue weighted by atomic mass is 9.79. The summed E-state index contributed by atoms with van der Waals surface area (Å²) in [6, 6.07) is 74.1. The Labute approximate surface area is 382 Å². The zero-order valence-electron chi connectivity index (χ0n) is 38.0. The summed E-state index contributed by atoms with van der Waals surface area (Å²) in [4.78, 5) is 0. The van der Waals surface area contributed by atoms with E-state index in [1.165, 1.54) is 133 Å². The number of hydrogen-bond acceptors (Lipinski definition) is 0. The number of hydrogen-bond donors (Lipinski definition) is 0. The van der Waals surface area contributed by atoms with Crippen LogP contribution in [0, 0.1) is 0 Å². The van der Waals surface area contributed by atoms with E-state index in [1.807, 2.05) is 0 Å². The van der Waals surface area contributed by atoms with Crippen LogP contribution >= 0.6 is 0 Å². The lowest BCUT2D eigenvalue weighted by Crippen LogP contribution is -2.15. The van der Waals surface area contributed by atoms with Gasteiger partial charge in [-0.3, -0.25) is 0 Å². The average molecular weight is 831 g/mol. The van der Waals surface area contributed by atoms with Crippen molar-refractivity contribution in [2.75, 3.05) is 0 Å². The molecule has 3 aliphatic rings. The molecule has 0 unspecified atom stereocenters. The van der Waals surface area contributed by atoms with Gasteiger partial charge in [0.25, 0.3) is 0 Å². The zero-order valence-corrected chi connectivity index (χ0v) is 38.0. The van der Waals surface area contributed by atoms with Crippen LogP contribution in [0.4, 0.5) is 0 Å². The lowest BCUT2D eigenvalue weighted by Gasteiger charge is -2.24. The average Bonchev–Trinajstić information content (AvgIpc) is 3.82. The van der Waals surface area contributed by atoms with Crippen LogP contribution in [0.3, 0.4) is 0 Å². The van der Waals surface area contributed by atoms with Crippen LogP contribution in [0.15, 0.2) is 194 Å². The standard InChI is InChI=1S/C65H50/c1-63(2)56-23-15-13-19-46(56)53-35-43(28-33-57(53)63)62-51-21-11-10-20-50(51)61(44-27-31-49-48-29-24-41(39-16-8-7-9-17-39)36-59(48)65(5,6)60(49)38-44)52-32-26-40(34-54(52)62)42-25-30-47-45-18-12-14-22-55(45)64(3,4)58(47)37-42/h7-38H,1-6H3. The molecule has 310 valence electrons. The molecule has 0 spiro atoms. The summed E-state index contributed by atoms with van der Waals surface area (Å²) in [5, 5.41) is 5.11. The van der Waals surface area contributed by atoms with Gasteiger partial charge >= 0.3 is 0 Å². The highest BCUT2D eigenvalue weighted by Crippen LogP contribution is 2.55. The second-order valence-corrected chi connectivity index (χ2v) is 20.4. The summed E-state index contributed by atoms with van der Waals surface area (Å²) in [5.74, 6) is 0. The first-order chi connectivity index (χ1) is 31.5. The third-order valence-corrected chi connectivity index (χ3v) is 15.9. The second-order valence-electron chi connectivity index (χ2n) is 20.4. The predicted molar refractivity (Wildman–Crippen MR) is 276 cm³/mol. The zero-order chi connectivity index (χ0) is 44.0. The Kier molecular flexibility index (Phi) is 7.86. The number of rotatable bonds is 4. The third kappa shape index (κ3) is 5.32. The molecule has 0 amide bonds. The molecule has 0 heteroatoms. The molecule has 0 saturated heterocycles. The molecule has 13 rings (SSSR count). The molecule has 0 atom stereocenters. The molecule has 0 bridgehead atoms. The highest BCUT2D eigenvalue weighted by molar-refractivity contribution is 6.22. The Morgan fingerprint density at radius 3 is 1.22 bits per heavy atom. The van der Waals surface area contributed by atoms with Gasteiger partial charge in [-0.2, -0.15) is 0 Å². The van der Waals surface area contributed by atoms with Crippen LogP contribution in [-0.4, -0.2) is 0 Å². The van der Waals surface area contributed by atoms with Crippen molar-refractivity contribution >= 4 is 21.5 Å². The van der Waals surface area contributed by atoms with Crippen molar-refractivity contribution in [1.29, 1.82) is 0 Å². The van der Waals surface area contributed by atoms with Crippen molar-refractivity contribution in [3.05, 3.63) is 228 Å². The van der Waals surface area contributed by atoms with Crippen molar-refractivity contribution in [2.24, 2.45) is 0 Å². The maximum absolute atomic E-state index is 2.51. The highest BCUT2D eigenvalue weighted by atomic mass is 14.4. The molecule has 0 nitrogen and oxygen atoms in total. The van der Waals surface area contributed by atoms with Gasteiger partial charge in [0.05, 0.1) is 0 Å². The van der Waals surface area contributed by atoms with E-state index in [4.69, 9.17) is 0 Å². The molecule has 0 radical (unpaired) electrons. The topological polar surface area (TPSA) is 0 Å². The van der Waals surface area contributed by atoms with Gasteiger partial charge in [0, 0.05) is 16.2 Å². The van der Waals surface area contributed by atoms with E-state index in [2.05, 4.69) is 236 Å². The smallest absolute Gasteiger partial charge is 0.0159 e. The van der Waals surface area contributed by atoms with Crippen LogP contribution in [-0.2, 0) is 16.2 Å². The third-order valence-electron chi connectivity index (χ3n) is 15.9. The summed E-state index contributed by atoms with van der Waals surface area (Å²) < 4.78 is 0. The van der Waals surface area contributed by atoms with Crippen LogP contribution < -0.4 is 0 Å². The van der Waals surface area contributed by atoms with Gasteiger partial charge < -0.3 is 0 Å². The fourth-order valence-electron chi connectivity index (χ4n) is 12.4. The SMILES string of the molecule is CC1(C)c2ccccc2-c2cc(-c3c4ccccc4c(-c4ccc5c(c4)C(C)(C)c4cc(-c6ccccc6)ccc4-5)c4ccc(-c5ccc6c(c5)C(C)(C)c5ccccc5-6)cc34)ccc21. The van der Waals surface area contributed by atoms with Crippen LogP contribution in [0.1, 0.15) is 74.9 Å². The molecule has 0 N–H and O–H groups in total. The van der Waals surface area contributed by atoms with E-state index in [-0.39, 0.29) is 16.2 Å². The van der Waals surface area contributed by atoms with Crippen LogP contribution in [0.5, 0.6) is 0 Å². The lowest BCUT2D eigenvalue weighted by molar-refractivity contribution is 0.660. The normalized spacial score (nSPS) is 15.3. The molecule has 65 heavy (non-hydrogen) atoms. The Bertz CT molecular complexity index is 3670. The molecule has 0 aliphatic heterocycles. The Hall–Kier alpha value is -7.28. The van der Waals surface area contributed by atoms with Crippen LogP contribution in [0.2, 0.25) is 0 Å². The summed E-state index contributed by atoms with van der Waals surface area (Å²) >= 11 is 0. The fraction of sp³-hybridized carbons (Fsp3) is 0.138. The summed E-state index contributed by atoms with van der Waals surface area (Å²) in [5.41, 5.74) is 26.3. The van der Waals surface area contributed by atoms with Crippen molar-refractivity contribution < 1.29 is 0 Å². The Balaban J connectivity index is 1.04. The summed E-state index contributed by atoms with van der Waals surface area (Å²) in [6.07, 6.45) is 0. The maximum Gasteiger partial charge on any atom is 0.0159 e. The second kappa shape index (κ2) is 13.4. The molecule has 0 saturated carbocycles. The van der Waals surface area contributed by atoms with Crippen molar-refractivity contribution in [1.82, 2.24) is 0 Å². The quantitative estimate of drug-likeness (QED) is 0.155. The van der Waals surface area contributed by atoms with Gasteiger partial charge in [0.15, 0.2) is 0 Å². The van der Waals surface area contributed by atoms with Gasteiger partial charge in [-0.25, -0.2) is 0 Å². The molecule has 0 heterocycles. The molecular weight excluding hydrogens is 781 g/mol. The molecule has 0 fully saturated rings. The fourth-order valence-corrected chi connectivity index (χ4v) is 12.4. The van der Waals surface area contributed by atoms with Crippen molar-refractivity contribution in [2.45, 2.75) is 57.8 Å². The van der Waals surface area contributed by atoms with E-state index in [0.717, 1.165) is 0 Å². The minimum atomic E-state index is -0.167. The van der Waals surface area contributed by atoms with Crippen LogP contribution in [0.25, 0.3) is 99.4 Å². The summed E-state index contributed by atoms with van der Waals surface area (Å²) in [6.45, 7) is 14.3. The van der Waals surface area contributed by atoms with Crippen molar-refractivity contribution in [3.8, 4) is 77.9 Å². The first kappa shape index (κ1) is 38.2. The first-order valence-corrected chi connectivity index (χ1v) is 23.3. The number of fused-ring (bicyclic) bond motifs is 11. The van der Waals surface area contributed by atoms with E-state index in [0.29, 0.717) is 0 Å².